The number of aliphatic hydroxyl groups excluding tert-OH is 1. The van der Waals surface area contributed by atoms with Crippen molar-refractivity contribution in [2.45, 2.75) is 25.6 Å². The van der Waals surface area contributed by atoms with Crippen LogP contribution in [0.15, 0.2) is 16.8 Å². The van der Waals surface area contributed by atoms with Crippen LogP contribution in [0.3, 0.4) is 0 Å². The van der Waals surface area contributed by atoms with Gasteiger partial charge in [-0.15, -0.1) is 0 Å². The van der Waals surface area contributed by atoms with Crippen LogP contribution in [0.4, 0.5) is 0 Å². The summed E-state index contributed by atoms with van der Waals surface area (Å²) in [6.07, 6.45) is -0.768. The van der Waals surface area contributed by atoms with E-state index in [0.717, 1.165) is 5.56 Å². The summed E-state index contributed by atoms with van der Waals surface area (Å²) in [5, 5.41) is 16.3. The summed E-state index contributed by atoms with van der Waals surface area (Å²) in [5.74, 6) is -0.444. The van der Waals surface area contributed by atoms with Gasteiger partial charge in [-0.05, 0) is 29.3 Å². The Kier molecular flexibility index (Phi) is 4.74. The highest BCUT2D eigenvalue weighted by atomic mass is 32.1. The summed E-state index contributed by atoms with van der Waals surface area (Å²) < 4.78 is 4.58. The van der Waals surface area contributed by atoms with Gasteiger partial charge in [-0.2, -0.15) is 11.3 Å². The number of carbonyl (C=O) groups is 1. The molecule has 0 aliphatic rings. The van der Waals surface area contributed by atoms with Gasteiger partial charge in [0.15, 0.2) is 0 Å². The van der Waals surface area contributed by atoms with Gasteiger partial charge in [0.1, 0.15) is 6.04 Å². The standard InChI is InChI=1S/C10H15NO3S/c1-7(12)9(10(13)14-2)11-5-8-3-4-15-6-8/h3-4,6-7,9,11-12H,5H2,1-2H3/t7-,9-/m0/s1. The molecule has 0 fully saturated rings. The fraction of sp³-hybridized carbons (Fsp3) is 0.500. The summed E-state index contributed by atoms with van der Waals surface area (Å²) in [4.78, 5) is 11.3. The van der Waals surface area contributed by atoms with Crippen molar-refractivity contribution in [1.29, 1.82) is 0 Å². The van der Waals surface area contributed by atoms with E-state index in [9.17, 15) is 9.90 Å². The number of ether oxygens (including phenoxy) is 1. The van der Waals surface area contributed by atoms with Gasteiger partial charge in [0.05, 0.1) is 13.2 Å². The van der Waals surface area contributed by atoms with E-state index in [1.807, 2.05) is 16.8 Å². The minimum absolute atomic E-state index is 0.444. The molecule has 0 aliphatic heterocycles. The van der Waals surface area contributed by atoms with E-state index >= 15 is 0 Å². The van der Waals surface area contributed by atoms with Crippen molar-refractivity contribution >= 4 is 17.3 Å². The van der Waals surface area contributed by atoms with E-state index in [1.54, 1.807) is 18.3 Å². The quantitative estimate of drug-likeness (QED) is 0.732. The number of thiophene rings is 1. The topological polar surface area (TPSA) is 58.6 Å². The Bertz CT molecular complexity index is 298. The van der Waals surface area contributed by atoms with Crippen molar-refractivity contribution in [2.75, 3.05) is 7.11 Å². The molecule has 0 aliphatic carbocycles. The minimum Gasteiger partial charge on any atom is -0.468 e. The Hall–Kier alpha value is -0.910. The lowest BCUT2D eigenvalue weighted by Gasteiger charge is -2.18. The predicted octanol–water partition coefficient (Wildman–Crippen LogP) is 0.760. The van der Waals surface area contributed by atoms with Crippen LogP contribution in [0.25, 0.3) is 0 Å². The highest BCUT2D eigenvalue weighted by Crippen LogP contribution is 2.06. The van der Waals surface area contributed by atoms with Gasteiger partial charge in [0.2, 0.25) is 0 Å². The van der Waals surface area contributed by atoms with Crippen molar-refractivity contribution < 1.29 is 14.6 Å². The number of aliphatic hydroxyl groups is 1. The zero-order valence-corrected chi connectivity index (χ0v) is 9.58. The molecule has 0 aromatic carbocycles. The number of hydrogen-bond acceptors (Lipinski definition) is 5. The van der Waals surface area contributed by atoms with Crippen LogP contribution in [-0.2, 0) is 16.1 Å². The van der Waals surface area contributed by atoms with Crippen LogP contribution in [0.1, 0.15) is 12.5 Å². The smallest absolute Gasteiger partial charge is 0.325 e. The first-order valence-corrected chi connectivity index (χ1v) is 5.59. The first-order valence-electron chi connectivity index (χ1n) is 4.65. The van der Waals surface area contributed by atoms with Gasteiger partial charge >= 0.3 is 5.97 Å². The predicted molar refractivity (Wildman–Crippen MR) is 58.6 cm³/mol. The maximum absolute atomic E-state index is 11.3. The number of methoxy groups -OCH3 is 1. The lowest BCUT2D eigenvalue weighted by molar-refractivity contribution is -0.145. The average Bonchev–Trinajstić information content (AvgIpc) is 2.70. The van der Waals surface area contributed by atoms with Crippen molar-refractivity contribution in [3.8, 4) is 0 Å². The molecule has 2 atom stereocenters. The van der Waals surface area contributed by atoms with Crippen LogP contribution in [0, 0.1) is 0 Å². The monoisotopic (exact) mass is 229 g/mol. The Morgan fingerprint density at radius 1 is 1.73 bits per heavy atom. The largest absolute Gasteiger partial charge is 0.468 e. The van der Waals surface area contributed by atoms with Gasteiger partial charge in [0.25, 0.3) is 0 Å². The number of hydrogen-bond donors (Lipinski definition) is 2. The van der Waals surface area contributed by atoms with E-state index in [2.05, 4.69) is 10.1 Å². The second-order valence-electron chi connectivity index (χ2n) is 3.25. The molecule has 1 heterocycles. The molecule has 0 bridgehead atoms. The molecule has 5 heteroatoms. The summed E-state index contributed by atoms with van der Waals surface area (Å²) in [6, 6.07) is 1.29. The highest BCUT2D eigenvalue weighted by Gasteiger charge is 2.23. The minimum atomic E-state index is -0.768. The molecule has 1 aromatic rings. The van der Waals surface area contributed by atoms with Crippen LogP contribution in [0.5, 0.6) is 0 Å². The molecule has 0 radical (unpaired) electrons. The van der Waals surface area contributed by atoms with E-state index in [1.165, 1.54) is 7.11 Å². The van der Waals surface area contributed by atoms with Gasteiger partial charge in [0, 0.05) is 6.54 Å². The Morgan fingerprint density at radius 3 is 2.93 bits per heavy atom. The molecule has 4 nitrogen and oxygen atoms in total. The summed E-state index contributed by atoms with van der Waals surface area (Å²) in [5.41, 5.74) is 1.09. The van der Waals surface area contributed by atoms with Gasteiger partial charge in [-0.1, -0.05) is 0 Å². The SMILES string of the molecule is COC(=O)[C@@H](NCc1ccsc1)[C@H](C)O. The number of rotatable bonds is 5. The molecule has 0 saturated heterocycles. The van der Waals surface area contributed by atoms with E-state index in [-0.39, 0.29) is 0 Å². The zero-order valence-electron chi connectivity index (χ0n) is 8.77. The second kappa shape index (κ2) is 5.85. The molecule has 0 unspecified atom stereocenters. The lowest BCUT2D eigenvalue weighted by Crippen LogP contribution is -2.45. The molecule has 15 heavy (non-hydrogen) atoms. The summed E-state index contributed by atoms with van der Waals surface area (Å²) in [7, 11) is 1.31. The Balaban J connectivity index is 2.49. The van der Waals surface area contributed by atoms with Crippen LogP contribution >= 0.6 is 11.3 Å². The average molecular weight is 229 g/mol. The number of carbonyl (C=O) groups excluding carboxylic acids is 1. The molecule has 2 N–H and O–H groups in total. The van der Waals surface area contributed by atoms with E-state index in [4.69, 9.17) is 0 Å². The lowest BCUT2D eigenvalue weighted by atomic mass is 10.2. The first kappa shape index (κ1) is 12.2. The van der Waals surface area contributed by atoms with Gasteiger partial charge < -0.3 is 9.84 Å². The summed E-state index contributed by atoms with van der Waals surface area (Å²) >= 11 is 1.60. The van der Waals surface area contributed by atoms with Crippen molar-refractivity contribution in [3.05, 3.63) is 22.4 Å². The number of nitrogens with one attached hydrogen (secondary N) is 1. The van der Waals surface area contributed by atoms with Gasteiger partial charge in [-0.25, -0.2) is 0 Å². The zero-order chi connectivity index (χ0) is 11.3. The number of esters is 1. The van der Waals surface area contributed by atoms with Crippen molar-refractivity contribution in [3.63, 3.8) is 0 Å². The maximum atomic E-state index is 11.3. The molecule has 1 aromatic heterocycles. The molecule has 1 rings (SSSR count). The maximum Gasteiger partial charge on any atom is 0.325 e. The van der Waals surface area contributed by atoms with Crippen LogP contribution < -0.4 is 5.32 Å². The molecular weight excluding hydrogens is 214 g/mol. The molecule has 0 saturated carbocycles. The fourth-order valence-corrected chi connectivity index (χ4v) is 1.87. The normalized spacial score (nSPS) is 14.6. The molecule has 0 amide bonds. The molecule has 84 valence electrons. The third-order valence-electron chi connectivity index (χ3n) is 2.04. The highest BCUT2D eigenvalue weighted by molar-refractivity contribution is 7.07. The Morgan fingerprint density at radius 2 is 2.47 bits per heavy atom. The van der Waals surface area contributed by atoms with Crippen molar-refractivity contribution in [2.24, 2.45) is 0 Å². The first-order chi connectivity index (χ1) is 7.15. The van der Waals surface area contributed by atoms with Gasteiger partial charge in [-0.3, -0.25) is 10.1 Å². The van der Waals surface area contributed by atoms with Crippen LogP contribution in [-0.4, -0.2) is 30.3 Å². The van der Waals surface area contributed by atoms with Crippen LogP contribution in [0.2, 0.25) is 0 Å². The Labute approximate surface area is 92.9 Å². The second-order valence-corrected chi connectivity index (χ2v) is 4.03. The third-order valence-corrected chi connectivity index (χ3v) is 2.78. The molecule has 0 spiro atoms. The third kappa shape index (κ3) is 3.62. The van der Waals surface area contributed by atoms with E-state index in [0.29, 0.717) is 6.54 Å². The molecular formula is C10H15NO3S. The fourth-order valence-electron chi connectivity index (χ4n) is 1.20. The van der Waals surface area contributed by atoms with Crippen molar-refractivity contribution in [1.82, 2.24) is 5.32 Å². The van der Waals surface area contributed by atoms with E-state index < -0.39 is 18.1 Å². The summed E-state index contributed by atoms with van der Waals surface area (Å²) in [6.45, 7) is 2.11.